The van der Waals surface area contributed by atoms with Crippen LogP contribution < -0.4 is 0 Å². The monoisotopic (exact) mass is 341 g/mol. The van der Waals surface area contributed by atoms with Gasteiger partial charge in [-0.3, -0.25) is 4.79 Å². The number of nitrogens with zero attached hydrogens (tertiary/aromatic N) is 3. The normalized spacial score (nSPS) is 14.1. The first-order valence-electron chi connectivity index (χ1n) is 8.30. The first-order valence-corrected chi connectivity index (χ1v) is 8.30. The summed E-state index contributed by atoms with van der Waals surface area (Å²) in [6.45, 7) is 7.12. The highest BCUT2D eigenvalue weighted by Crippen LogP contribution is 2.18. The molecular weight excluding hydrogens is 318 g/mol. The fourth-order valence-corrected chi connectivity index (χ4v) is 2.91. The summed E-state index contributed by atoms with van der Waals surface area (Å²) in [4.78, 5) is 14.2. The lowest BCUT2D eigenvalue weighted by Crippen LogP contribution is -2.31. The van der Waals surface area contributed by atoms with E-state index in [0.717, 1.165) is 22.6 Å². The van der Waals surface area contributed by atoms with Crippen molar-refractivity contribution in [2.75, 3.05) is 20.3 Å². The summed E-state index contributed by atoms with van der Waals surface area (Å²) in [6.07, 6.45) is 0. The number of hydrogen-bond acceptors (Lipinski definition) is 4. The lowest BCUT2D eigenvalue weighted by Gasteiger charge is -2.24. The Morgan fingerprint density at radius 1 is 1.20 bits per heavy atom. The van der Waals surface area contributed by atoms with Crippen LogP contribution in [0.25, 0.3) is 5.69 Å². The maximum absolute atomic E-state index is 12.6. The van der Waals surface area contributed by atoms with Gasteiger partial charge in [-0.1, -0.05) is 12.1 Å². The Morgan fingerprint density at radius 3 is 2.64 bits per heavy atom. The zero-order chi connectivity index (χ0) is 18.0. The first-order chi connectivity index (χ1) is 12.0. The summed E-state index contributed by atoms with van der Waals surface area (Å²) in [6, 6.07) is 10.1. The van der Waals surface area contributed by atoms with E-state index in [2.05, 4.69) is 5.10 Å². The van der Waals surface area contributed by atoms with Gasteiger partial charge >= 0.3 is 0 Å². The summed E-state index contributed by atoms with van der Waals surface area (Å²) in [5.41, 5.74) is 4.06. The molecule has 0 radical (unpaired) electrons. The Kier molecular flexibility index (Phi) is 4.79. The number of carbonyl (C=O) groups is 1. The molecule has 1 aliphatic heterocycles. The van der Waals surface area contributed by atoms with Gasteiger partial charge in [-0.15, -0.1) is 0 Å². The number of aryl methyl sites for hydroxylation is 2. The molecule has 25 heavy (non-hydrogen) atoms. The van der Waals surface area contributed by atoms with Crippen LogP contribution in [0.1, 0.15) is 23.9 Å². The Hall–Kier alpha value is -2.76. The number of aromatic nitrogens is 2. The van der Waals surface area contributed by atoms with E-state index >= 15 is 0 Å². The van der Waals surface area contributed by atoms with Gasteiger partial charge in [-0.25, -0.2) is 4.68 Å². The molecule has 0 unspecified atom stereocenters. The van der Waals surface area contributed by atoms with Crippen molar-refractivity contribution in [2.45, 2.75) is 27.3 Å². The van der Waals surface area contributed by atoms with E-state index in [1.54, 1.807) is 18.9 Å². The predicted octanol–water partition coefficient (Wildman–Crippen LogP) is 2.73. The SMILES string of the molecule is CC1=C(C(=O)N(C)Cc2cccc(-n3nc(C)cc3C)c2)OCCO1. The van der Waals surface area contributed by atoms with E-state index in [1.165, 1.54) is 0 Å². The molecule has 1 aliphatic rings. The summed E-state index contributed by atoms with van der Waals surface area (Å²) in [7, 11) is 1.76. The molecule has 1 aromatic heterocycles. The molecule has 0 saturated carbocycles. The van der Waals surface area contributed by atoms with Gasteiger partial charge in [0.15, 0.2) is 0 Å². The molecule has 1 aromatic carbocycles. The van der Waals surface area contributed by atoms with Crippen molar-refractivity contribution in [3.05, 3.63) is 58.8 Å². The number of carbonyl (C=O) groups excluding carboxylic acids is 1. The van der Waals surface area contributed by atoms with Gasteiger partial charge in [0.1, 0.15) is 19.0 Å². The zero-order valence-corrected chi connectivity index (χ0v) is 15.1. The number of ether oxygens (including phenoxy) is 2. The number of benzene rings is 1. The van der Waals surface area contributed by atoms with Gasteiger partial charge in [-0.2, -0.15) is 5.10 Å². The quantitative estimate of drug-likeness (QED) is 0.858. The molecule has 2 aromatic rings. The van der Waals surface area contributed by atoms with Gasteiger partial charge < -0.3 is 14.4 Å². The maximum atomic E-state index is 12.6. The van der Waals surface area contributed by atoms with Crippen LogP contribution in [0.5, 0.6) is 0 Å². The summed E-state index contributed by atoms with van der Waals surface area (Å²) >= 11 is 0. The Morgan fingerprint density at radius 2 is 1.96 bits per heavy atom. The van der Waals surface area contributed by atoms with Crippen LogP contribution in [0.2, 0.25) is 0 Å². The van der Waals surface area contributed by atoms with Crippen LogP contribution in [-0.2, 0) is 20.8 Å². The Bertz CT molecular complexity index is 823. The molecule has 6 heteroatoms. The van der Waals surface area contributed by atoms with E-state index < -0.39 is 0 Å². The third-order valence-corrected chi connectivity index (χ3v) is 4.09. The second-order valence-electron chi connectivity index (χ2n) is 6.25. The molecule has 3 rings (SSSR count). The van der Waals surface area contributed by atoms with Crippen LogP contribution in [0, 0.1) is 13.8 Å². The number of amides is 1. The second-order valence-corrected chi connectivity index (χ2v) is 6.25. The van der Waals surface area contributed by atoms with Gasteiger partial charge in [-0.05, 0) is 44.5 Å². The minimum absolute atomic E-state index is 0.172. The molecule has 132 valence electrons. The highest BCUT2D eigenvalue weighted by molar-refractivity contribution is 5.91. The first kappa shape index (κ1) is 17.1. The summed E-state index contributed by atoms with van der Waals surface area (Å²) in [5, 5.41) is 4.51. The molecule has 0 spiro atoms. The Labute approximate surface area is 147 Å². The van der Waals surface area contributed by atoms with Crippen molar-refractivity contribution in [3.63, 3.8) is 0 Å². The lowest BCUT2D eigenvalue weighted by molar-refractivity contribution is -0.132. The number of hydrogen-bond donors (Lipinski definition) is 0. The fraction of sp³-hybridized carbons (Fsp3) is 0.368. The number of allylic oxidation sites excluding steroid dienone is 1. The lowest BCUT2D eigenvalue weighted by atomic mass is 10.2. The van der Waals surface area contributed by atoms with Crippen molar-refractivity contribution in [1.29, 1.82) is 0 Å². The van der Waals surface area contributed by atoms with Gasteiger partial charge in [0.25, 0.3) is 5.91 Å². The molecular formula is C19H23N3O3. The van der Waals surface area contributed by atoms with Crippen molar-refractivity contribution in [3.8, 4) is 5.69 Å². The topological polar surface area (TPSA) is 56.6 Å². The van der Waals surface area contributed by atoms with E-state index in [4.69, 9.17) is 9.47 Å². The van der Waals surface area contributed by atoms with Crippen LogP contribution in [-0.4, -0.2) is 40.8 Å². The van der Waals surface area contributed by atoms with Crippen LogP contribution in [0.4, 0.5) is 0 Å². The molecule has 0 bridgehead atoms. The average Bonchev–Trinajstić information content (AvgIpc) is 2.93. The standard InChI is InChI=1S/C19H23N3O3/c1-13-10-14(2)22(20-13)17-7-5-6-16(11-17)12-21(4)19(23)18-15(3)24-8-9-25-18/h5-7,10-11H,8-9,12H2,1-4H3. The van der Waals surface area contributed by atoms with E-state index in [9.17, 15) is 4.79 Å². The third-order valence-electron chi connectivity index (χ3n) is 4.09. The highest BCUT2D eigenvalue weighted by Gasteiger charge is 2.23. The predicted molar refractivity (Wildman–Crippen MR) is 94.1 cm³/mol. The Balaban J connectivity index is 1.78. The molecule has 0 aliphatic carbocycles. The molecule has 0 fully saturated rings. The smallest absolute Gasteiger partial charge is 0.292 e. The number of likely N-dealkylation sites (N-methyl/N-ethyl adjacent to an activating group) is 1. The largest absolute Gasteiger partial charge is 0.491 e. The average molecular weight is 341 g/mol. The maximum Gasteiger partial charge on any atom is 0.292 e. The van der Waals surface area contributed by atoms with Crippen molar-refractivity contribution in [2.24, 2.45) is 0 Å². The molecule has 6 nitrogen and oxygen atoms in total. The van der Waals surface area contributed by atoms with Gasteiger partial charge in [0.2, 0.25) is 5.76 Å². The van der Waals surface area contributed by atoms with E-state index in [-0.39, 0.29) is 5.91 Å². The second kappa shape index (κ2) is 7.01. The molecule has 0 atom stereocenters. The summed E-state index contributed by atoms with van der Waals surface area (Å²) < 4.78 is 12.8. The van der Waals surface area contributed by atoms with Crippen molar-refractivity contribution < 1.29 is 14.3 Å². The van der Waals surface area contributed by atoms with Crippen molar-refractivity contribution >= 4 is 5.91 Å². The molecule has 0 N–H and O–H groups in total. The van der Waals surface area contributed by atoms with E-state index in [1.807, 2.05) is 48.9 Å². The van der Waals surface area contributed by atoms with Gasteiger partial charge in [0, 0.05) is 19.3 Å². The van der Waals surface area contributed by atoms with E-state index in [0.29, 0.717) is 31.3 Å². The summed E-state index contributed by atoms with van der Waals surface area (Å²) in [5.74, 6) is 0.664. The molecule has 0 saturated heterocycles. The van der Waals surface area contributed by atoms with Crippen LogP contribution in [0.15, 0.2) is 41.9 Å². The minimum atomic E-state index is -0.172. The molecule has 1 amide bonds. The zero-order valence-electron chi connectivity index (χ0n) is 15.1. The van der Waals surface area contributed by atoms with Crippen molar-refractivity contribution in [1.82, 2.24) is 14.7 Å². The van der Waals surface area contributed by atoms with Crippen LogP contribution in [0.3, 0.4) is 0 Å². The minimum Gasteiger partial charge on any atom is -0.491 e. The molecule has 2 heterocycles. The van der Waals surface area contributed by atoms with Crippen LogP contribution >= 0.6 is 0 Å². The highest BCUT2D eigenvalue weighted by atomic mass is 16.6. The number of rotatable bonds is 4. The fourth-order valence-electron chi connectivity index (χ4n) is 2.91. The van der Waals surface area contributed by atoms with Gasteiger partial charge in [0.05, 0.1) is 11.4 Å². The third kappa shape index (κ3) is 3.68.